The van der Waals surface area contributed by atoms with Crippen LogP contribution in [0.3, 0.4) is 0 Å². The van der Waals surface area contributed by atoms with Crippen molar-refractivity contribution in [3.05, 3.63) is 0 Å². The van der Waals surface area contributed by atoms with E-state index in [4.69, 9.17) is 4.74 Å². The Labute approximate surface area is 129 Å². The molecule has 2 aliphatic heterocycles. The number of amides is 1. The third-order valence-electron chi connectivity index (χ3n) is 4.96. The summed E-state index contributed by atoms with van der Waals surface area (Å²) in [5, 5.41) is 0. The molecule has 0 saturated carbocycles. The monoisotopic (exact) mass is 296 g/mol. The number of rotatable bonds is 4. The van der Waals surface area contributed by atoms with Crippen molar-refractivity contribution in [3.8, 4) is 0 Å². The van der Waals surface area contributed by atoms with Gasteiger partial charge in [0.2, 0.25) is 0 Å². The lowest BCUT2D eigenvalue weighted by atomic mass is 9.91. The molecule has 4 nitrogen and oxygen atoms in total. The van der Waals surface area contributed by atoms with Crippen molar-refractivity contribution in [1.82, 2.24) is 9.80 Å². The fourth-order valence-electron chi connectivity index (χ4n) is 3.58. The minimum atomic E-state index is -0.277. The van der Waals surface area contributed by atoms with Gasteiger partial charge >= 0.3 is 0 Å². The van der Waals surface area contributed by atoms with Crippen LogP contribution >= 0.6 is 0 Å². The van der Waals surface area contributed by atoms with Crippen molar-refractivity contribution in [2.75, 3.05) is 32.7 Å². The van der Waals surface area contributed by atoms with Crippen LogP contribution in [0.25, 0.3) is 0 Å². The highest BCUT2D eigenvalue weighted by Gasteiger charge is 2.43. The van der Waals surface area contributed by atoms with Gasteiger partial charge in [0.15, 0.2) is 0 Å². The van der Waals surface area contributed by atoms with Crippen LogP contribution in [0.4, 0.5) is 0 Å². The van der Waals surface area contributed by atoms with Crippen molar-refractivity contribution in [2.24, 2.45) is 5.92 Å². The van der Waals surface area contributed by atoms with Crippen molar-refractivity contribution in [1.29, 1.82) is 0 Å². The first-order valence-corrected chi connectivity index (χ1v) is 8.65. The number of carbonyl (C=O) groups is 1. The average Bonchev–Trinajstić information content (AvgIpc) is 2.63. The third-order valence-corrected chi connectivity index (χ3v) is 4.96. The molecule has 2 saturated heterocycles. The SMILES string of the molecule is CCN1C[C@@]2(CCCN(CCC(C)C)CC2)O[C@H](C)C1=O. The van der Waals surface area contributed by atoms with Gasteiger partial charge in [-0.1, -0.05) is 13.8 Å². The molecular weight excluding hydrogens is 264 g/mol. The van der Waals surface area contributed by atoms with E-state index in [-0.39, 0.29) is 17.6 Å². The minimum Gasteiger partial charge on any atom is -0.360 e. The first-order chi connectivity index (χ1) is 9.96. The van der Waals surface area contributed by atoms with Gasteiger partial charge in [0, 0.05) is 19.6 Å². The molecule has 0 aromatic carbocycles. The van der Waals surface area contributed by atoms with Crippen LogP contribution < -0.4 is 0 Å². The van der Waals surface area contributed by atoms with Crippen LogP contribution in [-0.2, 0) is 9.53 Å². The molecular formula is C17H32N2O2. The largest absolute Gasteiger partial charge is 0.360 e. The Bertz CT molecular complexity index is 359. The topological polar surface area (TPSA) is 32.8 Å². The van der Waals surface area contributed by atoms with Crippen LogP contribution in [-0.4, -0.2) is 60.1 Å². The molecule has 1 spiro atoms. The Morgan fingerprint density at radius 2 is 2.10 bits per heavy atom. The van der Waals surface area contributed by atoms with Gasteiger partial charge in [-0.15, -0.1) is 0 Å². The minimum absolute atomic E-state index is 0.101. The summed E-state index contributed by atoms with van der Waals surface area (Å²) >= 11 is 0. The maximum Gasteiger partial charge on any atom is 0.251 e. The lowest BCUT2D eigenvalue weighted by Gasteiger charge is -2.44. The number of nitrogens with zero attached hydrogens (tertiary/aromatic N) is 2. The summed E-state index contributed by atoms with van der Waals surface area (Å²) in [7, 11) is 0. The number of hydrogen-bond donors (Lipinski definition) is 0. The van der Waals surface area contributed by atoms with Gasteiger partial charge in [0.1, 0.15) is 6.10 Å². The molecule has 4 heteroatoms. The van der Waals surface area contributed by atoms with E-state index in [1.54, 1.807) is 0 Å². The molecule has 2 aliphatic rings. The molecule has 1 amide bonds. The van der Waals surface area contributed by atoms with Crippen molar-refractivity contribution in [2.45, 2.75) is 65.1 Å². The number of ether oxygens (including phenoxy) is 1. The van der Waals surface area contributed by atoms with Gasteiger partial charge in [0.25, 0.3) is 5.91 Å². The third kappa shape index (κ3) is 4.19. The molecule has 0 aromatic rings. The predicted octanol–water partition coefficient (Wildman–Crippen LogP) is 2.52. The highest BCUT2D eigenvalue weighted by molar-refractivity contribution is 5.81. The Hall–Kier alpha value is -0.610. The summed E-state index contributed by atoms with van der Waals surface area (Å²) in [5.41, 5.74) is -0.101. The van der Waals surface area contributed by atoms with Crippen LogP contribution in [0.15, 0.2) is 0 Å². The Morgan fingerprint density at radius 3 is 2.76 bits per heavy atom. The molecule has 0 aromatic heterocycles. The summed E-state index contributed by atoms with van der Waals surface area (Å²) in [4.78, 5) is 16.7. The smallest absolute Gasteiger partial charge is 0.251 e. The first kappa shape index (κ1) is 16.8. The maximum absolute atomic E-state index is 12.1. The van der Waals surface area contributed by atoms with Crippen molar-refractivity contribution < 1.29 is 9.53 Å². The van der Waals surface area contributed by atoms with Gasteiger partial charge in [0.05, 0.1) is 5.60 Å². The number of carbonyl (C=O) groups excluding carboxylic acids is 1. The van der Waals surface area contributed by atoms with Gasteiger partial charge in [-0.3, -0.25) is 4.79 Å². The second-order valence-corrected chi connectivity index (χ2v) is 7.17. The summed E-state index contributed by atoms with van der Waals surface area (Å²) < 4.78 is 6.20. The molecule has 0 aliphatic carbocycles. The molecule has 122 valence electrons. The van der Waals surface area contributed by atoms with Crippen LogP contribution in [0.2, 0.25) is 0 Å². The molecule has 0 radical (unpaired) electrons. The van der Waals surface area contributed by atoms with Gasteiger partial charge in [-0.25, -0.2) is 0 Å². The van der Waals surface area contributed by atoms with E-state index in [1.807, 2.05) is 11.8 Å². The van der Waals surface area contributed by atoms with E-state index in [1.165, 1.54) is 25.9 Å². The number of morpholine rings is 1. The molecule has 2 fully saturated rings. The predicted molar refractivity (Wildman–Crippen MR) is 85.3 cm³/mol. The highest BCUT2D eigenvalue weighted by atomic mass is 16.5. The first-order valence-electron chi connectivity index (χ1n) is 8.65. The number of likely N-dealkylation sites (tertiary alicyclic amines) is 1. The van der Waals surface area contributed by atoms with E-state index >= 15 is 0 Å². The molecule has 21 heavy (non-hydrogen) atoms. The molecule has 0 unspecified atom stereocenters. The molecule has 2 rings (SSSR count). The van der Waals surface area contributed by atoms with Gasteiger partial charge in [-0.2, -0.15) is 0 Å². The Kier molecular flexibility index (Phi) is 5.67. The normalized spacial score (nSPS) is 32.0. The zero-order valence-electron chi connectivity index (χ0n) is 14.2. The quantitative estimate of drug-likeness (QED) is 0.799. The summed E-state index contributed by atoms with van der Waals surface area (Å²) in [5.74, 6) is 0.922. The molecule has 0 bridgehead atoms. The zero-order chi connectivity index (χ0) is 15.5. The van der Waals surface area contributed by atoms with Crippen LogP contribution in [0.5, 0.6) is 0 Å². The van der Waals surface area contributed by atoms with E-state index in [9.17, 15) is 4.79 Å². The fraction of sp³-hybridized carbons (Fsp3) is 0.941. The zero-order valence-corrected chi connectivity index (χ0v) is 14.2. The van der Waals surface area contributed by atoms with Crippen molar-refractivity contribution in [3.63, 3.8) is 0 Å². The number of likely N-dealkylation sites (N-methyl/N-ethyl adjacent to an activating group) is 1. The van der Waals surface area contributed by atoms with E-state index in [2.05, 4.69) is 25.7 Å². The van der Waals surface area contributed by atoms with E-state index in [0.717, 1.165) is 38.4 Å². The molecule has 2 atom stereocenters. The molecule has 2 heterocycles. The fourth-order valence-corrected chi connectivity index (χ4v) is 3.58. The second kappa shape index (κ2) is 7.10. The Morgan fingerprint density at radius 1 is 1.33 bits per heavy atom. The van der Waals surface area contributed by atoms with Gasteiger partial charge < -0.3 is 14.5 Å². The van der Waals surface area contributed by atoms with Crippen LogP contribution in [0, 0.1) is 5.92 Å². The average molecular weight is 296 g/mol. The summed E-state index contributed by atoms with van der Waals surface area (Å²) in [6, 6.07) is 0. The lowest BCUT2D eigenvalue weighted by Crippen LogP contribution is -2.58. The Balaban J connectivity index is 1.96. The van der Waals surface area contributed by atoms with E-state index in [0.29, 0.717) is 0 Å². The lowest BCUT2D eigenvalue weighted by molar-refractivity contribution is -0.182. The highest BCUT2D eigenvalue weighted by Crippen LogP contribution is 2.32. The summed E-state index contributed by atoms with van der Waals surface area (Å²) in [6.07, 6.45) is 4.31. The number of hydrogen-bond acceptors (Lipinski definition) is 3. The van der Waals surface area contributed by atoms with Crippen LogP contribution in [0.1, 0.15) is 53.4 Å². The van der Waals surface area contributed by atoms with E-state index < -0.39 is 0 Å². The second-order valence-electron chi connectivity index (χ2n) is 7.17. The summed E-state index contributed by atoms with van der Waals surface area (Å²) in [6.45, 7) is 13.6. The maximum atomic E-state index is 12.1. The molecule has 0 N–H and O–H groups in total. The van der Waals surface area contributed by atoms with Gasteiger partial charge in [-0.05, 0) is 58.5 Å². The van der Waals surface area contributed by atoms with Crippen molar-refractivity contribution >= 4 is 5.91 Å². The standard InChI is InChI=1S/C17H32N2O2/c1-5-19-13-17(21-15(4)16(19)20)8-6-10-18(12-9-17)11-7-14(2)3/h14-15H,5-13H2,1-4H3/t15-,17+/m1/s1.